The van der Waals surface area contributed by atoms with E-state index in [0.29, 0.717) is 70.3 Å². The number of benzene rings is 12. The van der Waals surface area contributed by atoms with Crippen LogP contribution in [0.15, 0.2) is 465 Å². The molecule has 13 nitrogen and oxygen atoms in total. The quantitative estimate of drug-likeness (QED) is 0.0254. The normalized spacial score (nSPS) is 11.2. The molecule has 5 heterocycles. The van der Waals surface area contributed by atoms with Gasteiger partial charge in [-0.1, -0.05) is 394 Å². The number of aliphatic imine (C=N–C) groups is 1. The van der Waals surface area contributed by atoms with Crippen LogP contribution in [0.5, 0.6) is 23.3 Å². The molecule has 1 aliphatic carbocycles. The van der Waals surface area contributed by atoms with Gasteiger partial charge >= 0.3 is 7.12 Å². The van der Waals surface area contributed by atoms with Crippen LogP contribution in [0.2, 0.25) is 0 Å². The number of aromatic nitrogens is 4. The fourth-order valence-electron chi connectivity index (χ4n) is 13.1. The van der Waals surface area contributed by atoms with Crippen molar-refractivity contribution in [3.63, 3.8) is 0 Å². The van der Waals surface area contributed by atoms with Gasteiger partial charge in [0.05, 0.1) is 50.0 Å². The third-order valence-corrected chi connectivity index (χ3v) is 29.7. The summed E-state index contributed by atoms with van der Waals surface area (Å²) in [6, 6.07) is 140. The van der Waals surface area contributed by atoms with Gasteiger partial charge in [0.1, 0.15) is 29.3 Å². The first kappa shape index (κ1) is 95.2. The van der Waals surface area contributed by atoms with E-state index >= 15 is 0 Å². The second-order valence-corrected chi connectivity index (χ2v) is 37.2. The minimum atomic E-state index is -1.26. The van der Waals surface area contributed by atoms with Gasteiger partial charge in [-0.05, 0) is 141 Å². The van der Waals surface area contributed by atoms with Gasteiger partial charge in [-0.15, -0.1) is 0 Å². The summed E-state index contributed by atoms with van der Waals surface area (Å²) in [4.78, 5) is 42.9. The van der Waals surface area contributed by atoms with Crippen LogP contribution in [-0.2, 0) is 33.6 Å². The summed E-state index contributed by atoms with van der Waals surface area (Å²) >= 11 is 3.33. The molecule has 127 heavy (non-hydrogen) atoms. The number of hydrogen-bond donors (Lipinski definition) is 2. The zero-order chi connectivity index (χ0) is 87.4. The van der Waals surface area contributed by atoms with E-state index in [1.165, 1.54) is 96.3 Å². The minimum Gasteiger partial charge on any atom is -0.486 e. The molecule has 2 N–H and O–H groups in total. The molecule has 0 atom stereocenters. The van der Waals surface area contributed by atoms with Crippen LogP contribution in [0.25, 0.3) is 5.57 Å². The SMILES string of the molecule is COc1cc(C=O)c(OCc2cccnc2Br)cn1.COc1cc(C=O)c(OCc2cccnc2C2=CC=NC2)cn1.OB(O)C1=CC=CC1.[Pd].c1ccc(P(c2ccccc2)c2ccccc2)cc1.c1ccc(P(c2ccccc2)c2ccccc2)cc1.c1ccc(P(c2ccccc2)c2ccccc2)cc1.c1ccc(P(c2ccccc2)c2ccccc2)cc1. The van der Waals surface area contributed by atoms with E-state index in [-0.39, 0.29) is 27.0 Å². The fourth-order valence-corrected chi connectivity index (χ4v) is 22.7. The van der Waals surface area contributed by atoms with E-state index in [2.05, 4.69) is 405 Å². The van der Waals surface area contributed by atoms with Gasteiger partial charge in [0, 0.05) is 67.9 Å². The van der Waals surface area contributed by atoms with Crippen molar-refractivity contribution < 1.29 is 59.0 Å². The molecule has 20 heteroatoms. The average molecular weight is 1900 g/mol. The second kappa shape index (κ2) is 53.1. The van der Waals surface area contributed by atoms with Crippen molar-refractivity contribution in [1.29, 1.82) is 0 Å². The van der Waals surface area contributed by atoms with Crippen LogP contribution >= 0.6 is 47.6 Å². The van der Waals surface area contributed by atoms with Crippen LogP contribution in [0.3, 0.4) is 0 Å². The molecule has 1 aliphatic heterocycles. The van der Waals surface area contributed by atoms with Gasteiger partial charge in [-0.2, -0.15) is 0 Å². The Morgan fingerprint density at radius 3 is 0.866 bits per heavy atom. The van der Waals surface area contributed by atoms with Crippen molar-refractivity contribution in [2.24, 2.45) is 4.99 Å². The van der Waals surface area contributed by atoms with Crippen LogP contribution in [0.1, 0.15) is 44.0 Å². The third-order valence-electron chi connectivity index (χ3n) is 19.2. The summed E-state index contributed by atoms with van der Waals surface area (Å²) in [5.74, 6) is 1.56. The van der Waals surface area contributed by atoms with Crippen molar-refractivity contribution >= 4 is 143 Å². The first-order valence-corrected chi connectivity index (χ1v) is 46.8. The first-order valence-electron chi connectivity index (χ1n) is 40.7. The van der Waals surface area contributed by atoms with Gasteiger partial charge in [0.2, 0.25) is 11.8 Å². The van der Waals surface area contributed by atoms with Crippen molar-refractivity contribution in [2.45, 2.75) is 19.6 Å². The van der Waals surface area contributed by atoms with E-state index in [1.54, 1.807) is 30.8 Å². The van der Waals surface area contributed by atoms with Gasteiger partial charge in [0.15, 0.2) is 12.6 Å². The summed E-state index contributed by atoms with van der Waals surface area (Å²) < 4.78 is 22.0. The molecule has 0 saturated carbocycles. The average Bonchev–Trinajstić information content (AvgIpc) is 1.32. The Balaban J connectivity index is 0.000000145. The van der Waals surface area contributed by atoms with Crippen molar-refractivity contribution in [3.8, 4) is 23.3 Å². The Bertz CT molecular complexity index is 5210. The molecule has 4 aromatic heterocycles. The topological polar surface area (TPSA) is 175 Å². The Kier molecular flexibility index (Phi) is 39.8. The van der Waals surface area contributed by atoms with E-state index in [1.807, 2.05) is 42.5 Å². The van der Waals surface area contributed by atoms with Crippen molar-refractivity contribution in [3.05, 3.63) is 487 Å². The molecular formula is C107H93BBrN5O8P4Pd. The van der Waals surface area contributed by atoms with E-state index in [9.17, 15) is 9.59 Å². The summed E-state index contributed by atoms with van der Waals surface area (Å²) in [6.45, 7) is 1.20. The molecule has 12 aromatic carbocycles. The number of ether oxygens (including phenoxy) is 4. The standard InChI is InChI=1S/4C18H15P.C17H15N3O3.C13H11BrN2O3.C5H7BO2.Pd/c4*1-4-10-16(11-5-1)19(17-12-6-2-7-13-17)18-14-8-3-9-15-18;1-22-16-7-14(10-21)15(9-20-16)23-11-13-3-2-5-19-17(13)12-4-6-18-8-12;1-18-12-5-10(7-17)11(6-16-12)19-8-9-3-2-4-15-13(9)14;7-6(8)5-3-1-2-4-5;/h4*1-15H;2-7,9-10H,8,11H2,1H3;2-7H,8H2,1H3;1-3,7-8H,4H2;. The second-order valence-electron chi connectivity index (χ2n) is 27.6. The van der Waals surface area contributed by atoms with Crippen LogP contribution in [0.4, 0.5) is 0 Å². The zero-order valence-electron chi connectivity index (χ0n) is 69.9. The molecule has 18 rings (SSSR count). The molecule has 0 bridgehead atoms. The Morgan fingerprint density at radius 1 is 0.362 bits per heavy atom. The maximum atomic E-state index is 11.2. The molecule has 0 amide bonds. The Morgan fingerprint density at radius 2 is 0.638 bits per heavy atom. The summed E-state index contributed by atoms with van der Waals surface area (Å²) in [5.41, 5.74) is 5.18. The number of allylic oxidation sites excluding steroid dienone is 5. The fraction of sp³-hybridized carbons (Fsp3) is 0.0561. The maximum Gasteiger partial charge on any atom is 0.484 e. The largest absolute Gasteiger partial charge is 0.486 e. The molecular weight excluding hydrogens is 1800 g/mol. The smallest absolute Gasteiger partial charge is 0.484 e. The summed E-state index contributed by atoms with van der Waals surface area (Å²) in [7, 11) is -0.0562. The molecule has 2 aliphatic rings. The van der Waals surface area contributed by atoms with Crippen molar-refractivity contribution in [2.75, 3.05) is 20.8 Å². The van der Waals surface area contributed by atoms with Crippen LogP contribution in [0, 0.1) is 0 Å². The zero-order valence-corrected chi connectivity index (χ0v) is 76.6. The van der Waals surface area contributed by atoms with Crippen LogP contribution < -0.4 is 82.6 Å². The van der Waals surface area contributed by atoms with E-state index in [4.69, 9.17) is 29.0 Å². The number of pyridine rings is 4. The van der Waals surface area contributed by atoms with Gasteiger partial charge in [-0.3, -0.25) is 19.6 Å². The number of carbonyl (C=O) groups excluding carboxylic acids is 2. The number of hydrogen-bond acceptors (Lipinski definition) is 13. The number of nitrogens with zero attached hydrogens (tertiary/aromatic N) is 5. The Hall–Kier alpha value is -12.5. The predicted molar refractivity (Wildman–Crippen MR) is 531 cm³/mol. The predicted octanol–water partition coefficient (Wildman–Crippen LogP) is 18.6. The molecule has 634 valence electrons. The third kappa shape index (κ3) is 29.3. The first-order chi connectivity index (χ1) is 62.2. The number of aldehydes is 2. The van der Waals surface area contributed by atoms with E-state index < -0.39 is 38.8 Å². The van der Waals surface area contributed by atoms with Gasteiger partial charge in [0.25, 0.3) is 0 Å². The summed E-state index contributed by atoms with van der Waals surface area (Å²) in [6.07, 6.45) is 17.6. The van der Waals surface area contributed by atoms with Crippen LogP contribution in [-0.4, -0.2) is 76.7 Å². The van der Waals surface area contributed by atoms with Gasteiger partial charge in [-0.25, -0.2) is 15.0 Å². The molecule has 0 saturated heterocycles. The molecule has 0 fully saturated rings. The van der Waals surface area contributed by atoms with E-state index in [0.717, 1.165) is 28.7 Å². The van der Waals surface area contributed by atoms with Crippen molar-refractivity contribution in [1.82, 2.24) is 19.9 Å². The molecule has 16 aromatic rings. The number of methoxy groups -OCH3 is 2. The number of carbonyl (C=O) groups is 2. The number of halogens is 1. The minimum absolute atomic E-state index is 0. The Labute approximate surface area is 771 Å². The summed E-state index contributed by atoms with van der Waals surface area (Å²) in [5, 5.41) is 33.8. The van der Waals surface area contributed by atoms with Gasteiger partial charge < -0.3 is 29.0 Å². The molecule has 0 unspecified atom stereocenters. The molecule has 0 spiro atoms. The maximum absolute atomic E-state index is 11.2. The monoisotopic (exact) mass is 1900 g/mol. The number of rotatable bonds is 24. The molecule has 0 radical (unpaired) electrons.